The lowest BCUT2D eigenvalue weighted by Crippen LogP contribution is -2.00. The first-order chi connectivity index (χ1) is 30.7. The Morgan fingerprint density at radius 2 is 0.613 bits per heavy atom. The summed E-state index contributed by atoms with van der Waals surface area (Å²) in [6, 6.07) is 82.3. The largest absolute Gasteiger partial charge is 0.309 e. The molecule has 0 saturated carbocycles. The number of fused-ring (bicyclic) bond motifs is 6. The highest BCUT2D eigenvalue weighted by atomic mass is 15.0. The van der Waals surface area contributed by atoms with E-state index in [0.29, 0.717) is 5.82 Å². The van der Waals surface area contributed by atoms with E-state index in [9.17, 15) is 0 Å². The summed E-state index contributed by atoms with van der Waals surface area (Å²) in [7, 11) is 0. The first kappa shape index (κ1) is 35.6. The van der Waals surface area contributed by atoms with Gasteiger partial charge in [0.05, 0.1) is 33.5 Å². The predicted molar refractivity (Wildman–Crippen MR) is 258 cm³/mol. The van der Waals surface area contributed by atoms with E-state index in [4.69, 9.17) is 9.97 Å². The van der Waals surface area contributed by atoms with Gasteiger partial charge in [-0.1, -0.05) is 176 Å². The summed E-state index contributed by atoms with van der Waals surface area (Å²) in [5, 5.41) is 4.97. The standard InChI is InChI=1S/C58H38N4/c1-3-16-40(17-4-1)52-38-53(60-58(59-52)42-18-5-2-6-19-42)41-32-30-39(31-33-41)43-20-15-21-44(34-43)45-35-46(61-54-26-11-7-22-48(54)49-23-8-12-27-55(49)61)37-47(36-45)62-56-28-13-9-24-50(56)51-25-10-14-29-57(51)62/h1-38H. The first-order valence-electron chi connectivity index (χ1n) is 21.1. The fourth-order valence-electron chi connectivity index (χ4n) is 9.20. The molecular weight excluding hydrogens is 753 g/mol. The summed E-state index contributed by atoms with van der Waals surface area (Å²) in [4.78, 5) is 10.1. The fourth-order valence-corrected chi connectivity index (χ4v) is 9.20. The van der Waals surface area contributed by atoms with E-state index in [1.807, 2.05) is 36.4 Å². The second-order valence-corrected chi connectivity index (χ2v) is 15.8. The maximum Gasteiger partial charge on any atom is 0.160 e. The SMILES string of the molecule is c1ccc(-c2cc(-c3ccc(-c4cccc(-c5cc(-n6c7ccccc7c7ccccc76)cc(-n6c7ccccc7c7ccccc76)c5)c4)cc3)nc(-c3ccccc3)n2)cc1. The van der Waals surface area contributed by atoms with Gasteiger partial charge >= 0.3 is 0 Å². The molecule has 290 valence electrons. The topological polar surface area (TPSA) is 35.6 Å². The minimum Gasteiger partial charge on any atom is -0.309 e. The molecule has 3 aromatic heterocycles. The molecule has 0 saturated heterocycles. The molecule has 0 fully saturated rings. The molecule has 0 amide bonds. The van der Waals surface area contributed by atoms with Crippen molar-refractivity contribution in [2.75, 3.05) is 0 Å². The number of para-hydroxylation sites is 4. The lowest BCUT2D eigenvalue weighted by Gasteiger charge is -2.16. The minimum absolute atomic E-state index is 0.710. The molecule has 0 aliphatic heterocycles. The predicted octanol–water partition coefficient (Wildman–Crippen LogP) is 15.0. The number of hydrogen-bond acceptors (Lipinski definition) is 2. The molecule has 0 aliphatic rings. The van der Waals surface area contributed by atoms with Crippen LogP contribution in [-0.4, -0.2) is 19.1 Å². The number of hydrogen-bond donors (Lipinski definition) is 0. The van der Waals surface area contributed by atoms with Gasteiger partial charge in [-0.15, -0.1) is 0 Å². The van der Waals surface area contributed by atoms with Gasteiger partial charge in [0.1, 0.15) is 0 Å². The first-order valence-corrected chi connectivity index (χ1v) is 21.1. The van der Waals surface area contributed by atoms with Crippen molar-refractivity contribution in [3.05, 3.63) is 231 Å². The van der Waals surface area contributed by atoms with Gasteiger partial charge in [0.25, 0.3) is 0 Å². The fraction of sp³-hybridized carbons (Fsp3) is 0. The van der Waals surface area contributed by atoms with Crippen molar-refractivity contribution in [2.45, 2.75) is 0 Å². The van der Waals surface area contributed by atoms with Crippen molar-refractivity contribution in [2.24, 2.45) is 0 Å². The van der Waals surface area contributed by atoms with Crippen LogP contribution in [0.15, 0.2) is 231 Å². The van der Waals surface area contributed by atoms with Crippen LogP contribution in [0.2, 0.25) is 0 Å². The summed E-state index contributed by atoms with van der Waals surface area (Å²) in [5.74, 6) is 0.710. The van der Waals surface area contributed by atoms with Crippen LogP contribution in [0.5, 0.6) is 0 Å². The Morgan fingerprint density at radius 3 is 1.10 bits per heavy atom. The summed E-state index contributed by atoms with van der Waals surface area (Å²) >= 11 is 0. The highest BCUT2D eigenvalue weighted by Gasteiger charge is 2.18. The zero-order valence-electron chi connectivity index (χ0n) is 33.7. The van der Waals surface area contributed by atoms with Gasteiger partial charge < -0.3 is 9.13 Å². The van der Waals surface area contributed by atoms with E-state index in [0.717, 1.165) is 61.7 Å². The minimum atomic E-state index is 0.710. The molecule has 0 bridgehead atoms. The van der Waals surface area contributed by atoms with Crippen molar-refractivity contribution >= 4 is 43.6 Å². The van der Waals surface area contributed by atoms with E-state index in [2.05, 4.69) is 203 Å². The molecule has 3 heterocycles. The molecule has 0 unspecified atom stereocenters. The molecule has 62 heavy (non-hydrogen) atoms. The van der Waals surface area contributed by atoms with Crippen LogP contribution >= 0.6 is 0 Å². The molecule has 0 radical (unpaired) electrons. The van der Waals surface area contributed by atoms with Crippen molar-refractivity contribution < 1.29 is 0 Å². The van der Waals surface area contributed by atoms with Gasteiger partial charge in [-0.2, -0.15) is 0 Å². The maximum absolute atomic E-state index is 5.07. The zero-order valence-corrected chi connectivity index (χ0v) is 33.7. The monoisotopic (exact) mass is 790 g/mol. The second-order valence-electron chi connectivity index (χ2n) is 15.8. The van der Waals surface area contributed by atoms with Crippen LogP contribution in [-0.2, 0) is 0 Å². The van der Waals surface area contributed by atoms with E-state index in [-0.39, 0.29) is 0 Å². The Hall–Kier alpha value is -8.34. The van der Waals surface area contributed by atoms with E-state index < -0.39 is 0 Å². The lowest BCUT2D eigenvalue weighted by molar-refractivity contribution is 1.13. The highest BCUT2D eigenvalue weighted by molar-refractivity contribution is 6.10. The van der Waals surface area contributed by atoms with Crippen molar-refractivity contribution in [1.82, 2.24) is 19.1 Å². The molecule has 4 heteroatoms. The Bertz CT molecular complexity index is 3320. The third-order valence-corrected chi connectivity index (χ3v) is 12.1. The van der Waals surface area contributed by atoms with Crippen LogP contribution in [0.4, 0.5) is 0 Å². The van der Waals surface area contributed by atoms with Crippen LogP contribution in [0, 0.1) is 0 Å². The molecule has 4 nitrogen and oxygen atoms in total. The average Bonchev–Trinajstić information content (AvgIpc) is 3.88. The summed E-state index contributed by atoms with van der Waals surface area (Å²) < 4.78 is 4.85. The quantitative estimate of drug-likeness (QED) is 0.161. The van der Waals surface area contributed by atoms with Crippen LogP contribution in [0.3, 0.4) is 0 Å². The van der Waals surface area contributed by atoms with Crippen LogP contribution in [0.25, 0.3) is 111 Å². The lowest BCUT2D eigenvalue weighted by atomic mass is 9.97. The average molecular weight is 791 g/mol. The second kappa shape index (κ2) is 14.7. The van der Waals surface area contributed by atoms with E-state index in [1.54, 1.807) is 0 Å². The summed E-state index contributed by atoms with van der Waals surface area (Å²) in [6.45, 7) is 0. The smallest absolute Gasteiger partial charge is 0.160 e. The Morgan fingerprint density at radius 1 is 0.242 bits per heavy atom. The maximum atomic E-state index is 5.07. The number of rotatable bonds is 7. The van der Waals surface area contributed by atoms with E-state index in [1.165, 1.54) is 43.6 Å². The normalized spacial score (nSPS) is 11.5. The van der Waals surface area contributed by atoms with Crippen molar-refractivity contribution in [3.8, 4) is 67.5 Å². The third kappa shape index (κ3) is 6.08. The summed E-state index contributed by atoms with van der Waals surface area (Å²) in [5.41, 5.74) is 16.4. The number of aromatic nitrogens is 4. The van der Waals surface area contributed by atoms with Gasteiger partial charge in [0.15, 0.2) is 5.82 Å². The molecule has 0 spiro atoms. The van der Waals surface area contributed by atoms with Crippen LogP contribution in [0.1, 0.15) is 0 Å². The molecule has 0 N–H and O–H groups in total. The van der Waals surface area contributed by atoms with Gasteiger partial charge in [-0.25, -0.2) is 9.97 Å². The molecule has 0 aliphatic carbocycles. The zero-order chi connectivity index (χ0) is 41.0. The molecular formula is C58H38N4. The van der Waals surface area contributed by atoms with E-state index >= 15 is 0 Å². The number of benzene rings is 9. The van der Waals surface area contributed by atoms with Crippen molar-refractivity contribution in [1.29, 1.82) is 0 Å². The molecule has 12 rings (SSSR count). The molecule has 9 aromatic carbocycles. The van der Waals surface area contributed by atoms with Gasteiger partial charge in [-0.05, 0) is 76.9 Å². The number of nitrogens with zero attached hydrogens (tertiary/aromatic N) is 4. The summed E-state index contributed by atoms with van der Waals surface area (Å²) in [6.07, 6.45) is 0. The Balaban J connectivity index is 0.996. The Labute approximate surface area is 359 Å². The molecule has 0 atom stereocenters. The van der Waals surface area contributed by atoms with Gasteiger partial charge in [0, 0.05) is 49.6 Å². The third-order valence-electron chi connectivity index (χ3n) is 12.1. The van der Waals surface area contributed by atoms with Gasteiger partial charge in [0.2, 0.25) is 0 Å². The van der Waals surface area contributed by atoms with Gasteiger partial charge in [-0.3, -0.25) is 0 Å². The molecule has 12 aromatic rings. The highest BCUT2D eigenvalue weighted by Crippen LogP contribution is 2.39. The van der Waals surface area contributed by atoms with Crippen molar-refractivity contribution in [3.63, 3.8) is 0 Å². The van der Waals surface area contributed by atoms with Crippen LogP contribution < -0.4 is 0 Å². The Kier molecular flexibility index (Phi) is 8.46.